The molecule has 0 saturated carbocycles. The fraction of sp³-hybridized carbons (Fsp3) is 0.0154. The minimum Gasteiger partial charge on any atom is -0.455 e. The summed E-state index contributed by atoms with van der Waals surface area (Å²) in [6, 6.07) is 101. The molecule has 0 amide bonds. The predicted molar refractivity (Wildman–Crippen MR) is 287 cm³/mol. The van der Waals surface area contributed by atoms with Crippen molar-refractivity contribution in [3.05, 3.63) is 295 Å². The summed E-state index contributed by atoms with van der Waals surface area (Å²) in [5.41, 5.74) is 11.9. The standard InChI is InChI=1S/C65H45NOSi/c1-6-22-47(23-7-1)65(48-24-8-2-9-25-48)59-34-19-18-33-56(59)57-44-40-50(45-60(57)65)66(61-35-20-36-62-63(61)58-43-37-46-21-16-17-32-55(46)64(58)67-62)49-38-41-54(42-39-49)68(51-26-10-3-11-27-51,52-28-12-4-13-29-52)53-30-14-5-15-31-53/h1-45H. The minimum atomic E-state index is -2.79. The third kappa shape index (κ3) is 5.96. The first-order chi connectivity index (χ1) is 33.7. The van der Waals surface area contributed by atoms with Gasteiger partial charge in [0.1, 0.15) is 11.2 Å². The van der Waals surface area contributed by atoms with Crippen molar-refractivity contribution in [1.82, 2.24) is 0 Å². The van der Waals surface area contributed by atoms with Crippen LogP contribution in [0.2, 0.25) is 0 Å². The summed E-state index contributed by atoms with van der Waals surface area (Å²) in [5.74, 6) is 0. The van der Waals surface area contributed by atoms with E-state index in [1.807, 2.05) is 0 Å². The van der Waals surface area contributed by atoms with Gasteiger partial charge in [-0.05, 0) is 102 Å². The summed E-state index contributed by atoms with van der Waals surface area (Å²) in [6.07, 6.45) is 0. The van der Waals surface area contributed by atoms with Crippen molar-refractivity contribution in [3.8, 4) is 11.1 Å². The highest BCUT2D eigenvalue weighted by molar-refractivity contribution is 7.19. The van der Waals surface area contributed by atoms with Gasteiger partial charge < -0.3 is 9.32 Å². The van der Waals surface area contributed by atoms with E-state index >= 15 is 0 Å². The average Bonchev–Trinajstić information content (AvgIpc) is 3.96. The van der Waals surface area contributed by atoms with E-state index in [1.54, 1.807) is 0 Å². The topological polar surface area (TPSA) is 16.4 Å². The number of hydrogen-bond acceptors (Lipinski definition) is 2. The summed E-state index contributed by atoms with van der Waals surface area (Å²) in [6.45, 7) is 0. The van der Waals surface area contributed by atoms with Crippen LogP contribution in [0.25, 0.3) is 43.8 Å². The van der Waals surface area contributed by atoms with Gasteiger partial charge in [-0.1, -0.05) is 231 Å². The lowest BCUT2D eigenvalue weighted by atomic mass is 9.67. The average molecular weight is 884 g/mol. The van der Waals surface area contributed by atoms with Gasteiger partial charge in [-0.3, -0.25) is 0 Å². The van der Waals surface area contributed by atoms with Gasteiger partial charge in [-0.2, -0.15) is 0 Å². The van der Waals surface area contributed by atoms with Gasteiger partial charge in [0.15, 0.2) is 8.07 Å². The molecule has 11 aromatic carbocycles. The summed E-state index contributed by atoms with van der Waals surface area (Å²) in [5, 5.41) is 9.81. The molecular formula is C65H45NOSi. The van der Waals surface area contributed by atoms with E-state index in [9.17, 15) is 0 Å². The lowest BCUT2D eigenvalue weighted by molar-refractivity contribution is 0.672. The second-order valence-corrected chi connectivity index (χ2v) is 21.7. The van der Waals surface area contributed by atoms with Gasteiger partial charge in [-0.25, -0.2) is 0 Å². The maximum Gasteiger partial charge on any atom is 0.179 e. The first-order valence-corrected chi connectivity index (χ1v) is 25.5. The Balaban J connectivity index is 1.09. The smallest absolute Gasteiger partial charge is 0.179 e. The predicted octanol–water partition coefficient (Wildman–Crippen LogP) is 13.9. The van der Waals surface area contributed by atoms with Crippen LogP contribution in [0.5, 0.6) is 0 Å². The van der Waals surface area contributed by atoms with Gasteiger partial charge in [0.05, 0.1) is 16.5 Å². The highest BCUT2D eigenvalue weighted by Gasteiger charge is 2.46. The number of hydrogen-bond donors (Lipinski definition) is 0. The van der Waals surface area contributed by atoms with Gasteiger partial charge in [0.2, 0.25) is 0 Å². The molecule has 68 heavy (non-hydrogen) atoms. The van der Waals surface area contributed by atoms with Crippen molar-refractivity contribution < 1.29 is 4.42 Å². The largest absolute Gasteiger partial charge is 0.455 e. The molecule has 12 aromatic rings. The first-order valence-electron chi connectivity index (χ1n) is 23.5. The number of rotatable bonds is 9. The Labute approximate surface area is 397 Å². The van der Waals surface area contributed by atoms with E-state index in [0.717, 1.165) is 49.8 Å². The number of nitrogens with zero attached hydrogens (tertiary/aromatic N) is 1. The molecule has 0 N–H and O–H groups in total. The monoisotopic (exact) mass is 883 g/mol. The van der Waals surface area contributed by atoms with Crippen molar-refractivity contribution in [1.29, 1.82) is 0 Å². The molecule has 3 heteroatoms. The lowest BCUT2D eigenvalue weighted by Crippen LogP contribution is -2.74. The van der Waals surface area contributed by atoms with E-state index in [-0.39, 0.29) is 0 Å². The Kier molecular flexibility index (Phi) is 9.45. The van der Waals surface area contributed by atoms with Crippen LogP contribution in [-0.2, 0) is 5.41 Å². The molecule has 0 fully saturated rings. The molecule has 1 aliphatic rings. The van der Waals surface area contributed by atoms with Crippen LogP contribution < -0.4 is 25.6 Å². The first kappa shape index (κ1) is 39.8. The maximum atomic E-state index is 6.88. The van der Waals surface area contributed by atoms with Crippen LogP contribution in [0.15, 0.2) is 277 Å². The zero-order chi connectivity index (χ0) is 45.1. The molecule has 0 unspecified atom stereocenters. The molecule has 1 aromatic heterocycles. The minimum absolute atomic E-state index is 0.556. The highest BCUT2D eigenvalue weighted by Crippen LogP contribution is 2.57. The molecular weight excluding hydrogens is 839 g/mol. The zero-order valence-corrected chi connectivity index (χ0v) is 38.3. The van der Waals surface area contributed by atoms with Crippen LogP contribution in [0.4, 0.5) is 17.1 Å². The highest BCUT2D eigenvalue weighted by atomic mass is 28.3. The molecule has 1 aliphatic carbocycles. The zero-order valence-electron chi connectivity index (χ0n) is 37.3. The molecule has 0 aliphatic heterocycles. The third-order valence-corrected chi connectivity index (χ3v) is 19.3. The van der Waals surface area contributed by atoms with Crippen molar-refractivity contribution in [2.75, 3.05) is 4.90 Å². The summed E-state index contributed by atoms with van der Waals surface area (Å²) < 4.78 is 6.88. The second kappa shape index (κ2) is 16.1. The Bertz CT molecular complexity index is 3640. The molecule has 2 nitrogen and oxygen atoms in total. The van der Waals surface area contributed by atoms with E-state index in [0.29, 0.717) is 0 Å². The van der Waals surface area contributed by atoms with Gasteiger partial charge in [0.25, 0.3) is 0 Å². The van der Waals surface area contributed by atoms with Crippen LogP contribution in [0, 0.1) is 0 Å². The number of anilines is 3. The molecule has 0 saturated heterocycles. The van der Waals surface area contributed by atoms with Crippen molar-refractivity contribution >= 4 is 78.6 Å². The summed E-state index contributed by atoms with van der Waals surface area (Å²) in [4.78, 5) is 2.47. The molecule has 0 radical (unpaired) electrons. The van der Waals surface area contributed by atoms with Crippen LogP contribution >= 0.6 is 0 Å². The Morgan fingerprint density at radius 3 is 1.50 bits per heavy atom. The molecule has 0 bridgehead atoms. The Hall–Kier alpha value is -8.50. The number of furan rings is 1. The van der Waals surface area contributed by atoms with Gasteiger partial charge in [0, 0.05) is 22.1 Å². The molecule has 0 atom stereocenters. The Morgan fingerprint density at radius 1 is 0.353 bits per heavy atom. The Morgan fingerprint density at radius 2 is 0.868 bits per heavy atom. The number of benzene rings is 11. The molecule has 0 spiro atoms. The van der Waals surface area contributed by atoms with E-state index < -0.39 is 13.5 Å². The van der Waals surface area contributed by atoms with E-state index in [4.69, 9.17) is 4.42 Å². The van der Waals surface area contributed by atoms with E-state index in [2.05, 4.69) is 278 Å². The summed E-state index contributed by atoms with van der Waals surface area (Å²) in [7, 11) is -2.79. The van der Waals surface area contributed by atoms with Crippen LogP contribution in [0.3, 0.4) is 0 Å². The normalized spacial score (nSPS) is 12.8. The molecule has 13 rings (SSSR count). The van der Waals surface area contributed by atoms with Gasteiger partial charge in [-0.15, -0.1) is 0 Å². The van der Waals surface area contributed by atoms with Gasteiger partial charge >= 0.3 is 0 Å². The van der Waals surface area contributed by atoms with Crippen LogP contribution in [-0.4, -0.2) is 8.07 Å². The van der Waals surface area contributed by atoms with Crippen molar-refractivity contribution in [2.24, 2.45) is 0 Å². The van der Waals surface area contributed by atoms with Crippen molar-refractivity contribution in [3.63, 3.8) is 0 Å². The lowest BCUT2D eigenvalue weighted by Gasteiger charge is -2.35. The van der Waals surface area contributed by atoms with E-state index in [1.165, 1.54) is 54.1 Å². The third-order valence-electron chi connectivity index (χ3n) is 14.5. The maximum absolute atomic E-state index is 6.88. The fourth-order valence-electron chi connectivity index (χ4n) is 11.6. The van der Waals surface area contributed by atoms with Crippen LogP contribution in [0.1, 0.15) is 22.3 Å². The molecule has 320 valence electrons. The number of fused-ring (bicyclic) bond motifs is 8. The summed E-state index contributed by atoms with van der Waals surface area (Å²) >= 11 is 0. The molecule has 1 heterocycles. The van der Waals surface area contributed by atoms with Crippen molar-refractivity contribution in [2.45, 2.75) is 5.41 Å². The quantitative estimate of drug-likeness (QED) is 0.106. The second-order valence-electron chi connectivity index (χ2n) is 17.9. The SMILES string of the molecule is c1ccc(C2(c3ccccc3)c3ccccc3-c3ccc(N(c4ccc([Si](c5ccccc5)(c5ccccc5)c5ccccc5)cc4)c4cccc5oc6c7ccccc7ccc6c45)cc32)cc1. The fourth-order valence-corrected chi connectivity index (χ4v) is 16.4.